The van der Waals surface area contributed by atoms with Crippen LogP contribution in [0.1, 0.15) is 51.2 Å². The average molecular weight is 600 g/mol. The molecule has 168 valence electrons. The second-order valence-corrected chi connectivity index (χ2v) is 10.6. The van der Waals surface area contributed by atoms with Crippen molar-refractivity contribution in [2.45, 2.75) is 52.0 Å². The Hall–Kier alpha value is -1.41. The van der Waals surface area contributed by atoms with Crippen molar-refractivity contribution < 1.29 is 14.3 Å². The Bertz CT molecular complexity index is 872. The third kappa shape index (κ3) is 8.22. The molecule has 0 fully saturated rings. The van der Waals surface area contributed by atoms with Crippen LogP contribution in [-0.2, 0) is 21.5 Å². The lowest BCUT2D eigenvalue weighted by molar-refractivity contribution is -0.121. The topological polar surface area (TPSA) is 55.4 Å². The number of alkyl halides is 1. The Balaban J connectivity index is 1.87. The van der Waals surface area contributed by atoms with E-state index in [4.69, 9.17) is 4.74 Å². The first-order valence-corrected chi connectivity index (χ1v) is 12.7. The minimum atomic E-state index is -0.546. The second kappa shape index (κ2) is 12.0. The first-order valence-electron chi connectivity index (χ1n) is 10.5. The van der Waals surface area contributed by atoms with E-state index in [1.807, 2.05) is 55.5 Å². The van der Waals surface area contributed by atoms with Gasteiger partial charge in [-0.3, -0.25) is 4.79 Å². The van der Waals surface area contributed by atoms with Crippen molar-refractivity contribution in [2.24, 2.45) is 5.41 Å². The molecule has 0 bridgehead atoms. The first kappa shape index (κ1) is 25.8. The molecule has 0 saturated heterocycles. The van der Waals surface area contributed by atoms with Crippen LogP contribution in [0.25, 0.3) is 0 Å². The number of ether oxygens (including phenoxy) is 1. The third-order valence-corrected chi connectivity index (χ3v) is 6.97. The van der Waals surface area contributed by atoms with E-state index >= 15 is 0 Å². The summed E-state index contributed by atoms with van der Waals surface area (Å²) in [5, 5.41) is 3.11. The number of Topliss-reactive ketones (excluding diaryl/α,β-unsaturated/α-hetero) is 1. The van der Waals surface area contributed by atoms with Gasteiger partial charge < -0.3 is 10.1 Å². The maximum absolute atomic E-state index is 12.8. The number of hydrogen-bond donors (Lipinski definition) is 1. The highest BCUT2D eigenvalue weighted by molar-refractivity contribution is 14.1. The highest BCUT2D eigenvalue weighted by atomic mass is 127. The van der Waals surface area contributed by atoms with Crippen molar-refractivity contribution in [3.63, 3.8) is 0 Å². The number of halogens is 2. The molecule has 1 amide bonds. The van der Waals surface area contributed by atoms with Gasteiger partial charge in [0.1, 0.15) is 0 Å². The zero-order valence-electron chi connectivity index (χ0n) is 18.4. The molecule has 2 aromatic rings. The number of benzene rings is 2. The molecule has 6 heteroatoms. The van der Waals surface area contributed by atoms with E-state index in [2.05, 4.69) is 63.8 Å². The van der Waals surface area contributed by atoms with Crippen LogP contribution in [0.15, 0.2) is 54.6 Å². The standard InChI is InChI=1S/C25H31BrINO3/c1-24(2,14-15-31-23(30)28-18-19-8-5-4-6-9-19)12-13-25(3,22(29)17-26)20-10-7-11-21(27)16-20/h4-11,16H,12-15,17-18H2,1-3H3,(H,28,30). The lowest BCUT2D eigenvalue weighted by Crippen LogP contribution is -2.35. The normalized spacial score (nSPS) is 13.3. The van der Waals surface area contributed by atoms with E-state index in [9.17, 15) is 9.59 Å². The smallest absolute Gasteiger partial charge is 0.407 e. The third-order valence-electron chi connectivity index (χ3n) is 5.79. The van der Waals surface area contributed by atoms with Gasteiger partial charge >= 0.3 is 6.09 Å². The number of carbonyl (C=O) groups excluding carboxylic acids is 2. The number of ketones is 1. The summed E-state index contributed by atoms with van der Waals surface area (Å²) in [5.41, 5.74) is 1.48. The Morgan fingerprint density at radius 3 is 2.35 bits per heavy atom. The van der Waals surface area contributed by atoms with Gasteiger partial charge in [0.15, 0.2) is 5.78 Å². The maximum atomic E-state index is 12.8. The molecule has 31 heavy (non-hydrogen) atoms. The van der Waals surface area contributed by atoms with Crippen LogP contribution in [0.3, 0.4) is 0 Å². The van der Waals surface area contributed by atoms with Crippen LogP contribution >= 0.6 is 38.5 Å². The van der Waals surface area contributed by atoms with Crippen molar-refractivity contribution >= 4 is 50.4 Å². The van der Waals surface area contributed by atoms with E-state index in [1.165, 1.54) is 0 Å². The van der Waals surface area contributed by atoms with Crippen LogP contribution in [-0.4, -0.2) is 23.8 Å². The van der Waals surface area contributed by atoms with E-state index in [-0.39, 0.29) is 11.2 Å². The van der Waals surface area contributed by atoms with Gasteiger partial charge in [0, 0.05) is 10.1 Å². The fourth-order valence-electron chi connectivity index (χ4n) is 3.38. The molecule has 0 aliphatic heterocycles. The molecule has 1 atom stereocenters. The average Bonchev–Trinajstić information content (AvgIpc) is 2.76. The zero-order chi connectivity index (χ0) is 22.9. The second-order valence-electron chi connectivity index (χ2n) is 8.79. The number of alkyl carbamates (subject to hydrolysis) is 1. The Kier molecular flexibility index (Phi) is 10.0. The first-order chi connectivity index (χ1) is 14.7. The van der Waals surface area contributed by atoms with Crippen molar-refractivity contribution in [3.05, 3.63) is 69.3 Å². The van der Waals surface area contributed by atoms with Gasteiger partial charge in [0.05, 0.1) is 17.4 Å². The van der Waals surface area contributed by atoms with Gasteiger partial charge in [-0.1, -0.05) is 72.2 Å². The van der Waals surface area contributed by atoms with Gasteiger partial charge in [-0.25, -0.2) is 4.79 Å². The number of hydrogen-bond acceptors (Lipinski definition) is 3. The fraction of sp³-hybridized carbons (Fsp3) is 0.440. The van der Waals surface area contributed by atoms with Crippen LogP contribution < -0.4 is 5.32 Å². The predicted molar refractivity (Wildman–Crippen MR) is 138 cm³/mol. The van der Waals surface area contributed by atoms with Gasteiger partial charge in [-0.05, 0) is 77.5 Å². The predicted octanol–water partition coefficient (Wildman–Crippen LogP) is 6.64. The van der Waals surface area contributed by atoms with Crippen molar-refractivity contribution in [1.82, 2.24) is 5.32 Å². The number of carbonyl (C=O) groups is 2. The highest BCUT2D eigenvalue weighted by Crippen LogP contribution is 2.37. The van der Waals surface area contributed by atoms with Crippen LogP contribution in [0.4, 0.5) is 4.79 Å². The van der Waals surface area contributed by atoms with Gasteiger partial charge in [-0.15, -0.1) is 0 Å². The van der Waals surface area contributed by atoms with E-state index in [0.717, 1.165) is 34.0 Å². The van der Waals surface area contributed by atoms with Gasteiger partial charge in [0.25, 0.3) is 0 Å². The molecule has 1 unspecified atom stereocenters. The SMILES string of the molecule is CC(C)(CCOC(=O)NCc1ccccc1)CCC(C)(C(=O)CBr)c1cccc(I)c1. The molecule has 0 aliphatic carbocycles. The fourth-order valence-corrected chi connectivity index (χ4v) is 4.54. The largest absolute Gasteiger partial charge is 0.450 e. The molecule has 0 aromatic heterocycles. The summed E-state index contributed by atoms with van der Waals surface area (Å²) in [4.78, 5) is 24.8. The summed E-state index contributed by atoms with van der Waals surface area (Å²) in [6, 6.07) is 17.9. The van der Waals surface area contributed by atoms with Crippen molar-refractivity contribution in [3.8, 4) is 0 Å². The highest BCUT2D eigenvalue weighted by Gasteiger charge is 2.36. The van der Waals surface area contributed by atoms with Crippen LogP contribution in [0.5, 0.6) is 0 Å². The quantitative estimate of drug-likeness (QED) is 0.233. The number of amides is 1. The summed E-state index contributed by atoms with van der Waals surface area (Å²) in [6.07, 6.45) is 1.92. The molecule has 0 heterocycles. The summed E-state index contributed by atoms with van der Waals surface area (Å²) in [7, 11) is 0. The summed E-state index contributed by atoms with van der Waals surface area (Å²) in [6.45, 7) is 7.15. The maximum Gasteiger partial charge on any atom is 0.407 e. The lowest BCUT2D eigenvalue weighted by atomic mass is 9.71. The monoisotopic (exact) mass is 599 g/mol. The minimum absolute atomic E-state index is 0.0600. The molecule has 2 rings (SSSR count). The van der Waals surface area contributed by atoms with Crippen LogP contribution in [0.2, 0.25) is 0 Å². The molecular weight excluding hydrogens is 569 g/mol. The Labute approximate surface area is 207 Å². The number of nitrogens with one attached hydrogen (secondary N) is 1. The molecular formula is C25H31BrINO3. The van der Waals surface area contributed by atoms with E-state index in [1.54, 1.807) is 0 Å². The van der Waals surface area contributed by atoms with Crippen molar-refractivity contribution in [2.75, 3.05) is 11.9 Å². The summed E-state index contributed by atoms with van der Waals surface area (Å²) < 4.78 is 6.50. The lowest BCUT2D eigenvalue weighted by Gasteiger charge is -2.33. The van der Waals surface area contributed by atoms with Crippen molar-refractivity contribution in [1.29, 1.82) is 0 Å². The van der Waals surface area contributed by atoms with Gasteiger partial charge in [0.2, 0.25) is 0 Å². The van der Waals surface area contributed by atoms with E-state index in [0.29, 0.717) is 18.5 Å². The molecule has 1 N–H and O–H groups in total. The molecule has 0 spiro atoms. The number of rotatable bonds is 11. The summed E-state index contributed by atoms with van der Waals surface area (Å²) >= 11 is 5.64. The Morgan fingerprint density at radius 2 is 1.71 bits per heavy atom. The molecule has 0 radical (unpaired) electrons. The molecule has 2 aromatic carbocycles. The zero-order valence-corrected chi connectivity index (χ0v) is 22.2. The molecule has 0 saturated carbocycles. The van der Waals surface area contributed by atoms with E-state index < -0.39 is 11.5 Å². The molecule has 0 aliphatic rings. The van der Waals surface area contributed by atoms with Gasteiger partial charge in [-0.2, -0.15) is 0 Å². The Morgan fingerprint density at radius 1 is 1.00 bits per heavy atom. The van der Waals surface area contributed by atoms with Crippen LogP contribution in [0, 0.1) is 8.99 Å². The summed E-state index contributed by atoms with van der Waals surface area (Å²) in [5.74, 6) is 0.182. The molecule has 4 nitrogen and oxygen atoms in total. The minimum Gasteiger partial charge on any atom is -0.450 e.